The Morgan fingerprint density at radius 1 is 1.29 bits per heavy atom. The molecule has 3 heterocycles. The van der Waals surface area contributed by atoms with Crippen molar-refractivity contribution in [2.45, 2.75) is 54.0 Å². The van der Waals surface area contributed by atoms with Gasteiger partial charge >= 0.3 is 12.1 Å². The Hall–Kier alpha value is -2.31. The summed E-state index contributed by atoms with van der Waals surface area (Å²) >= 11 is 5.01. The number of alkyl halides is 1. The summed E-state index contributed by atoms with van der Waals surface area (Å²) in [7, 11) is 1.83. The van der Waals surface area contributed by atoms with Gasteiger partial charge in [0.25, 0.3) is 5.91 Å². The summed E-state index contributed by atoms with van der Waals surface area (Å²) in [6, 6.07) is 7.54. The highest BCUT2D eigenvalue weighted by atomic mass is 79.9. The van der Waals surface area contributed by atoms with Crippen molar-refractivity contribution in [3.05, 3.63) is 30.1 Å². The van der Waals surface area contributed by atoms with Gasteiger partial charge in [-0.1, -0.05) is 28.1 Å². The number of nitrogens with zero attached hydrogens (tertiary/aromatic N) is 3. The number of ether oxygens (including phenoxy) is 3. The summed E-state index contributed by atoms with van der Waals surface area (Å²) in [4.78, 5) is 44.7. The van der Waals surface area contributed by atoms with E-state index in [0.29, 0.717) is 5.82 Å². The Kier molecular flexibility index (Phi) is 6.14. The Morgan fingerprint density at radius 3 is 2.59 bits per heavy atom. The van der Waals surface area contributed by atoms with Gasteiger partial charge in [0.15, 0.2) is 9.86 Å². The smallest absolute Gasteiger partial charge is 0.435 e. The summed E-state index contributed by atoms with van der Waals surface area (Å²) in [5.74, 6) is -0.789. The third-order valence-electron chi connectivity index (χ3n) is 6.39. The van der Waals surface area contributed by atoms with Gasteiger partial charge in [0.2, 0.25) is 6.29 Å². The molecule has 2 aromatic rings. The fraction of sp³-hybridized carbons (Fsp3) is 0.545. The van der Waals surface area contributed by atoms with Crippen molar-refractivity contribution in [1.29, 1.82) is 0 Å². The van der Waals surface area contributed by atoms with E-state index in [1.54, 1.807) is 20.8 Å². The number of benzene rings is 1. The molecule has 0 aliphatic carbocycles. The van der Waals surface area contributed by atoms with E-state index in [0.717, 1.165) is 11.0 Å². The maximum Gasteiger partial charge on any atom is 0.511 e. The maximum absolute atomic E-state index is 13.7. The summed E-state index contributed by atoms with van der Waals surface area (Å²) in [6.45, 7) is 5.93. The molecule has 1 aromatic heterocycles. The molecule has 1 amide bonds. The van der Waals surface area contributed by atoms with Crippen molar-refractivity contribution >= 4 is 56.8 Å². The van der Waals surface area contributed by atoms with Gasteiger partial charge in [-0.15, -0.1) is 11.8 Å². The molecular formula is C22H26BrN3O7S. The zero-order valence-electron chi connectivity index (χ0n) is 19.4. The summed E-state index contributed by atoms with van der Waals surface area (Å²) in [5.41, 5.74) is -0.0965. The van der Waals surface area contributed by atoms with Crippen LogP contribution in [-0.2, 0) is 35.2 Å². The van der Waals surface area contributed by atoms with E-state index in [9.17, 15) is 19.5 Å². The minimum Gasteiger partial charge on any atom is -0.435 e. The second kappa shape index (κ2) is 8.42. The van der Waals surface area contributed by atoms with Crippen LogP contribution in [0.2, 0.25) is 0 Å². The fourth-order valence-corrected chi connectivity index (χ4v) is 7.37. The predicted molar refractivity (Wildman–Crippen MR) is 127 cm³/mol. The lowest BCUT2D eigenvalue weighted by atomic mass is 9.79. The number of aromatic nitrogens is 2. The third-order valence-corrected chi connectivity index (χ3v) is 9.54. The number of aliphatic hydroxyl groups is 1. The third kappa shape index (κ3) is 3.25. The van der Waals surface area contributed by atoms with Crippen molar-refractivity contribution in [3.63, 3.8) is 0 Å². The largest absolute Gasteiger partial charge is 0.511 e. The quantitative estimate of drug-likeness (QED) is 0.248. The maximum atomic E-state index is 13.7. The van der Waals surface area contributed by atoms with Crippen LogP contribution in [0, 0.1) is 0 Å². The summed E-state index contributed by atoms with van der Waals surface area (Å²) < 4.78 is 14.7. The van der Waals surface area contributed by atoms with E-state index in [2.05, 4.69) is 20.9 Å². The first kappa shape index (κ1) is 24.8. The second-order valence-corrected chi connectivity index (χ2v) is 11.6. The number of halogens is 1. The lowest BCUT2D eigenvalue weighted by molar-refractivity contribution is -0.195. The molecule has 10 nitrogen and oxygen atoms in total. The van der Waals surface area contributed by atoms with Crippen molar-refractivity contribution in [3.8, 4) is 0 Å². The van der Waals surface area contributed by atoms with Crippen LogP contribution >= 0.6 is 27.7 Å². The van der Waals surface area contributed by atoms with Crippen LogP contribution < -0.4 is 0 Å². The number of aryl methyl sites for hydroxylation is 1. The standard InChI is InChI=1S/C22H26BrN3O7S/c1-6-31-19(30)33-12(2)32-18(29)21(11-27)20(3,4)34-17-22(23,16(28)26(17)21)15-24-13-9-7-8-10-14(13)25(15)5/h7-10,12,17,27H,6,11H2,1-5H3/t12?,17-,21+,22?/m1/s1. The first-order valence-electron chi connectivity index (χ1n) is 10.7. The molecule has 0 spiro atoms. The van der Waals surface area contributed by atoms with E-state index in [-0.39, 0.29) is 6.61 Å². The summed E-state index contributed by atoms with van der Waals surface area (Å²) in [5, 5.41) is 9.92. The van der Waals surface area contributed by atoms with Crippen LogP contribution in [0.15, 0.2) is 24.3 Å². The number of rotatable bonds is 6. The summed E-state index contributed by atoms with van der Waals surface area (Å²) in [6.07, 6.45) is -2.26. The SMILES string of the molecule is CCOC(=O)OC(C)OC(=O)[C@]1(CO)N2C(=O)C(Br)(c3nc4ccccc4n3C)[C@H]2SC1(C)C. The highest BCUT2D eigenvalue weighted by Gasteiger charge is 2.79. The van der Waals surface area contributed by atoms with E-state index < -0.39 is 50.9 Å². The molecule has 4 rings (SSSR count). The van der Waals surface area contributed by atoms with E-state index in [1.807, 2.05) is 35.9 Å². The van der Waals surface area contributed by atoms with E-state index in [1.165, 1.54) is 23.6 Å². The van der Waals surface area contributed by atoms with Crippen molar-refractivity contribution < 1.29 is 33.7 Å². The number of β-lactam (4-membered cyclic amide) rings is 1. The molecule has 1 aromatic carbocycles. The predicted octanol–water partition coefficient (Wildman–Crippen LogP) is 2.65. The zero-order valence-corrected chi connectivity index (χ0v) is 21.8. The van der Waals surface area contributed by atoms with Gasteiger partial charge in [0.05, 0.1) is 24.2 Å². The molecular weight excluding hydrogens is 530 g/mol. The number of para-hydroxylation sites is 2. The topological polar surface area (TPSA) is 120 Å². The minimum atomic E-state index is -1.70. The Bertz CT molecular complexity index is 1170. The molecule has 2 aliphatic heterocycles. The van der Waals surface area contributed by atoms with E-state index >= 15 is 0 Å². The minimum absolute atomic E-state index is 0.100. The lowest BCUT2D eigenvalue weighted by Gasteiger charge is -2.53. The number of imidazole rings is 1. The molecule has 2 fully saturated rings. The van der Waals surface area contributed by atoms with Crippen molar-refractivity contribution in [1.82, 2.24) is 14.5 Å². The number of carbonyl (C=O) groups excluding carboxylic acids is 3. The molecule has 184 valence electrons. The van der Waals surface area contributed by atoms with Gasteiger partial charge in [-0.05, 0) is 32.9 Å². The van der Waals surface area contributed by atoms with Crippen LogP contribution in [0.1, 0.15) is 33.5 Å². The van der Waals surface area contributed by atoms with Crippen LogP contribution in [0.4, 0.5) is 4.79 Å². The number of aliphatic hydroxyl groups excluding tert-OH is 1. The zero-order chi connectivity index (χ0) is 25.1. The van der Waals surface area contributed by atoms with Crippen LogP contribution in [0.3, 0.4) is 0 Å². The van der Waals surface area contributed by atoms with Gasteiger partial charge in [-0.2, -0.15) is 0 Å². The van der Waals surface area contributed by atoms with Crippen molar-refractivity contribution in [2.75, 3.05) is 13.2 Å². The number of hydrogen-bond acceptors (Lipinski definition) is 9. The average molecular weight is 556 g/mol. The van der Waals surface area contributed by atoms with E-state index in [4.69, 9.17) is 14.2 Å². The molecule has 2 aliphatic rings. The molecule has 0 bridgehead atoms. The molecule has 2 saturated heterocycles. The number of amides is 1. The number of esters is 1. The van der Waals surface area contributed by atoms with Gasteiger partial charge in [0, 0.05) is 18.7 Å². The highest BCUT2D eigenvalue weighted by molar-refractivity contribution is 9.10. The van der Waals surface area contributed by atoms with Gasteiger partial charge in [-0.25, -0.2) is 14.6 Å². The van der Waals surface area contributed by atoms with Crippen LogP contribution in [0.25, 0.3) is 11.0 Å². The highest BCUT2D eigenvalue weighted by Crippen LogP contribution is 2.65. The molecule has 1 N–H and O–H groups in total. The molecule has 2 unspecified atom stereocenters. The molecule has 34 heavy (non-hydrogen) atoms. The van der Waals surface area contributed by atoms with Gasteiger partial charge < -0.3 is 28.8 Å². The Labute approximate surface area is 209 Å². The van der Waals surface area contributed by atoms with Crippen LogP contribution in [0.5, 0.6) is 0 Å². The fourth-order valence-electron chi connectivity index (χ4n) is 4.59. The number of fused-ring (bicyclic) bond motifs is 2. The second-order valence-electron chi connectivity index (χ2n) is 8.64. The van der Waals surface area contributed by atoms with Crippen molar-refractivity contribution in [2.24, 2.45) is 7.05 Å². The Morgan fingerprint density at radius 2 is 1.97 bits per heavy atom. The molecule has 12 heteroatoms. The van der Waals surface area contributed by atoms with Gasteiger partial charge in [0.1, 0.15) is 11.2 Å². The molecule has 0 saturated carbocycles. The first-order chi connectivity index (χ1) is 16.0. The Balaban J connectivity index is 1.67. The number of carbonyl (C=O) groups is 3. The van der Waals surface area contributed by atoms with Crippen LogP contribution in [-0.4, -0.2) is 72.8 Å². The first-order valence-corrected chi connectivity index (χ1v) is 12.4. The number of thioether (sulfide) groups is 1. The van der Waals surface area contributed by atoms with Gasteiger partial charge in [-0.3, -0.25) is 4.79 Å². The molecule has 0 radical (unpaired) electrons. The monoisotopic (exact) mass is 555 g/mol. The normalized spacial score (nSPS) is 28.3. The lowest BCUT2D eigenvalue weighted by Crippen LogP contribution is -2.76. The molecule has 4 atom stereocenters. The number of hydrogen-bond donors (Lipinski definition) is 1. The average Bonchev–Trinajstić information content (AvgIpc) is 3.23.